The van der Waals surface area contributed by atoms with E-state index in [4.69, 9.17) is 5.14 Å². The van der Waals surface area contributed by atoms with E-state index >= 15 is 0 Å². The second-order valence-corrected chi connectivity index (χ2v) is 8.96. The van der Waals surface area contributed by atoms with Crippen LogP contribution in [0.2, 0.25) is 0 Å². The number of hydrogen-bond donors (Lipinski definition) is 1. The van der Waals surface area contributed by atoms with Crippen molar-refractivity contribution in [2.45, 2.75) is 25.7 Å². The number of anilines is 1. The molecule has 0 saturated carbocycles. The van der Waals surface area contributed by atoms with Crippen molar-refractivity contribution >= 4 is 33.4 Å². The van der Waals surface area contributed by atoms with Gasteiger partial charge in [-0.3, -0.25) is 4.79 Å². The number of sulfonamides is 1. The zero-order chi connectivity index (χ0) is 22.3. The number of rotatable bonds is 4. The molecule has 0 fully saturated rings. The summed E-state index contributed by atoms with van der Waals surface area (Å²) in [6.45, 7) is 5.72. The molecule has 7 nitrogen and oxygen atoms in total. The number of nitrogens with zero attached hydrogens (tertiary/aromatic N) is 3. The Kier molecular flexibility index (Phi) is 5.12. The second-order valence-electron chi connectivity index (χ2n) is 7.40. The largest absolute Gasteiger partial charge is 0.318 e. The number of benzene rings is 2. The molecule has 0 saturated heterocycles. The predicted molar refractivity (Wildman–Crippen MR) is 122 cm³/mol. The van der Waals surface area contributed by atoms with Gasteiger partial charge in [-0.1, -0.05) is 18.2 Å². The van der Waals surface area contributed by atoms with Crippen molar-refractivity contribution in [1.82, 2.24) is 4.57 Å². The minimum Gasteiger partial charge on any atom is -0.318 e. The van der Waals surface area contributed by atoms with Gasteiger partial charge in [-0.2, -0.15) is 10.1 Å². The van der Waals surface area contributed by atoms with E-state index in [0.717, 1.165) is 28.3 Å². The minimum atomic E-state index is -3.75. The van der Waals surface area contributed by atoms with E-state index in [0.29, 0.717) is 11.3 Å². The number of hydrogen-bond acceptors (Lipinski definition) is 4. The number of amides is 1. The molecule has 1 aliphatic heterocycles. The number of hydrazone groups is 1. The van der Waals surface area contributed by atoms with Crippen molar-refractivity contribution in [2.75, 3.05) is 5.01 Å². The molecule has 1 amide bonds. The lowest BCUT2D eigenvalue weighted by molar-refractivity contribution is -0.114. The highest BCUT2D eigenvalue weighted by atomic mass is 32.2. The Labute approximate surface area is 181 Å². The minimum absolute atomic E-state index is 0.0606. The van der Waals surface area contributed by atoms with Crippen molar-refractivity contribution in [3.8, 4) is 5.69 Å². The van der Waals surface area contributed by atoms with Crippen molar-refractivity contribution in [3.63, 3.8) is 0 Å². The molecule has 1 aromatic heterocycles. The first-order valence-electron chi connectivity index (χ1n) is 9.66. The van der Waals surface area contributed by atoms with Crippen LogP contribution in [0.15, 0.2) is 76.2 Å². The summed E-state index contributed by atoms with van der Waals surface area (Å²) in [5.41, 5.74) is 5.47. The van der Waals surface area contributed by atoms with Crippen molar-refractivity contribution in [3.05, 3.63) is 83.2 Å². The summed E-state index contributed by atoms with van der Waals surface area (Å²) in [5, 5.41) is 11.0. The molecule has 2 heterocycles. The normalized spacial score (nSPS) is 15.6. The molecule has 2 aromatic carbocycles. The number of aromatic nitrogens is 1. The highest BCUT2D eigenvalue weighted by Gasteiger charge is 2.29. The number of para-hydroxylation sites is 1. The maximum atomic E-state index is 13.0. The maximum Gasteiger partial charge on any atom is 0.280 e. The number of carbonyl (C=O) groups is 1. The van der Waals surface area contributed by atoms with E-state index < -0.39 is 10.0 Å². The first-order chi connectivity index (χ1) is 14.7. The summed E-state index contributed by atoms with van der Waals surface area (Å²) in [6, 6.07) is 17.7. The van der Waals surface area contributed by atoms with Crippen molar-refractivity contribution < 1.29 is 13.2 Å². The molecular weight excluding hydrogens is 412 g/mol. The lowest BCUT2D eigenvalue weighted by atomic mass is 10.1. The van der Waals surface area contributed by atoms with E-state index in [9.17, 15) is 13.2 Å². The summed E-state index contributed by atoms with van der Waals surface area (Å²) in [6.07, 6.45) is 1.85. The summed E-state index contributed by atoms with van der Waals surface area (Å²) in [7, 11) is -3.75. The molecule has 0 radical (unpaired) electrons. The molecule has 158 valence electrons. The molecule has 3 aromatic rings. The third kappa shape index (κ3) is 3.83. The molecule has 0 unspecified atom stereocenters. The average molecular weight is 435 g/mol. The SMILES string of the molecule is CC1=NN(c2ccccc2)C(=O)/C1=C/c1cc(C)n(-c2ccc(S(N)(=O)=O)cc2)c1C. The summed E-state index contributed by atoms with van der Waals surface area (Å²) in [4.78, 5) is 13.1. The Balaban J connectivity index is 1.70. The van der Waals surface area contributed by atoms with Crippen molar-refractivity contribution in [2.24, 2.45) is 10.2 Å². The van der Waals surface area contributed by atoms with Crippen LogP contribution in [0, 0.1) is 13.8 Å². The Morgan fingerprint density at radius 2 is 1.58 bits per heavy atom. The molecule has 0 aliphatic carbocycles. The van der Waals surface area contributed by atoms with Gasteiger partial charge in [-0.05, 0) is 74.9 Å². The van der Waals surface area contributed by atoms with E-state index in [-0.39, 0.29) is 10.8 Å². The molecule has 4 rings (SSSR count). The van der Waals surface area contributed by atoms with Gasteiger partial charge in [-0.15, -0.1) is 0 Å². The van der Waals surface area contributed by atoms with Crippen LogP contribution in [0.25, 0.3) is 11.8 Å². The van der Waals surface area contributed by atoms with Gasteiger partial charge in [0, 0.05) is 17.1 Å². The van der Waals surface area contributed by atoms with Crippen molar-refractivity contribution in [1.29, 1.82) is 0 Å². The lowest BCUT2D eigenvalue weighted by Gasteiger charge is -2.11. The molecule has 0 spiro atoms. The van der Waals surface area contributed by atoms with Gasteiger partial charge < -0.3 is 4.57 Å². The Morgan fingerprint density at radius 1 is 0.935 bits per heavy atom. The van der Waals surface area contributed by atoms with Gasteiger partial charge in [0.25, 0.3) is 5.91 Å². The van der Waals surface area contributed by atoms with Gasteiger partial charge >= 0.3 is 0 Å². The van der Waals surface area contributed by atoms with Gasteiger partial charge in [0.15, 0.2) is 0 Å². The molecule has 8 heteroatoms. The van der Waals surface area contributed by atoms with Crippen LogP contribution in [0.5, 0.6) is 0 Å². The highest BCUT2D eigenvalue weighted by Crippen LogP contribution is 2.28. The number of primary sulfonamides is 1. The van der Waals surface area contributed by atoms with E-state index in [1.807, 2.05) is 67.8 Å². The number of carbonyl (C=O) groups excluding carboxylic acids is 1. The fourth-order valence-corrected chi connectivity index (χ4v) is 4.22. The summed E-state index contributed by atoms with van der Waals surface area (Å²) >= 11 is 0. The van der Waals surface area contributed by atoms with E-state index in [1.165, 1.54) is 17.1 Å². The molecule has 0 bridgehead atoms. The maximum absolute atomic E-state index is 13.0. The van der Waals surface area contributed by atoms with Crippen LogP contribution in [-0.4, -0.2) is 24.6 Å². The summed E-state index contributed by atoms with van der Waals surface area (Å²) < 4.78 is 25.0. The monoisotopic (exact) mass is 434 g/mol. The van der Waals surface area contributed by atoms with Crippen LogP contribution >= 0.6 is 0 Å². The van der Waals surface area contributed by atoms with Crippen LogP contribution in [0.4, 0.5) is 5.69 Å². The van der Waals surface area contributed by atoms with Gasteiger partial charge in [-0.25, -0.2) is 13.6 Å². The second kappa shape index (κ2) is 7.64. The third-order valence-electron chi connectivity index (χ3n) is 5.26. The standard InChI is InChI=1S/C23H22N4O3S/c1-15-13-18(17(3)26(15)19-9-11-21(12-10-19)31(24,29)30)14-22-16(2)25-27(23(22)28)20-7-5-4-6-8-20/h4-14H,1-3H3,(H2,24,29,30)/b22-14+. The molecule has 31 heavy (non-hydrogen) atoms. The van der Waals surface area contributed by atoms with Gasteiger partial charge in [0.05, 0.1) is 21.9 Å². The lowest BCUT2D eigenvalue weighted by Crippen LogP contribution is -2.21. The van der Waals surface area contributed by atoms with Crippen LogP contribution in [-0.2, 0) is 14.8 Å². The van der Waals surface area contributed by atoms with Gasteiger partial charge in [0.2, 0.25) is 10.0 Å². The molecule has 0 atom stereocenters. The zero-order valence-corrected chi connectivity index (χ0v) is 18.2. The van der Waals surface area contributed by atoms with E-state index in [2.05, 4.69) is 5.10 Å². The smallest absolute Gasteiger partial charge is 0.280 e. The number of aryl methyl sites for hydroxylation is 1. The Hall–Kier alpha value is -3.49. The third-order valence-corrected chi connectivity index (χ3v) is 6.19. The topological polar surface area (TPSA) is 97.8 Å². The first-order valence-corrected chi connectivity index (χ1v) is 11.2. The molecular formula is C23H22N4O3S. The highest BCUT2D eigenvalue weighted by molar-refractivity contribution is 7.89. The quantitative estimate of drug-likeness (QED) is 0.636. The first kappa shape index (κ1) is 20.8. The predicted octanol–water partition coefficient (Wildman–Crippen LogP) is 3.55. The average Bonchev–Trinajstić information content (AvgIpc) is 3.18. The number of nitrogens with two attached hydrogens (primary N) is 1. The molecule has 1 aliphatic rings. The molecule has 2 N–H and O–H groups in total. The fraction of sp³-hybridized carbons (Fsp3) is 0.130. The fourth-order valence-electron chi connectivity index (χ4n) is 3.70. The van der Waals surface area contributed by atoms with E-state index in [1.54, 1.807) is 12.1 Å². The zero-order valence-electron chi connectivity index (χ0n) is 17.4. The van der Waals surface area contributed by atoms with Crippen LogP contribution < -0.4 is 10.1 Å². The van der Waals surface area contributed by atoms with Crippen LogP contribution in [0.3, 0.4) is 0 Å². The Morgan fingerprint density at radius 3 is 2.19 bits per heavy atom. The van der Waals surface area contributed by atoms with Crippen LogP contribution in [0.1, 0.15) is 23.9 Å². The van der Waals surface area contributed by atoms with Gasteiger partial charge in [0.1, 0.15) is 0 Å². The Bertz CT molecular complexity index is 1340. The summed E-state index contributed by atoms with van der Waals surface area (Å²) in [5.74, 6) is -0.175.